The van der Waals surface area contributed by atoms with Crippen molar-refractivity contribution in [1.29, 1.82) is 0 Å². The van der Waals surface area contributed by atoms with Crippen LogP contribution >= 0.6 is 11.6 Å². The molecule has 10 heteroatoms. The Morgan fingerprint density at radius 3 is 2.65 bits per heavy atom. The van der Waals surface area contributed by atoms with Gasteiger partial charge in [0.25, 0.3) is 11.7 Å². The first kappa shape index (κ1) is 24.2. The van der Waals surface area contributed by atoms with Crippen LogP contribution in [0.1, 0.15) is 53.2 Å². The summed E-state index contributed by atoms with van der Waals surface area (Å²) in [5, 5.41) is 2.20. The van der Waals surface area contributed by atoms with Gasteiger partial charge in [-0.05, 0) is 19.4 Å². The molecule has 1 heterocycles. The van der Waals surface area contributed by atoms with E-state index in [1.165, 1.54) is 19.2 Å². The lowest BCUT2D eigenvalue weighted by atomic mass is 10.2. The monoisotopic (exact) mass is 455 g/mol. The number of ether oxygens (including phenoxy) is 3. The van der Waals surface area contributed by atoms with Crippen molar-refractivity contribution >= 4 is 23.5 Å². The molecule has 0 saturated heterocycles. The summed E-state index contributed by atoms with van der Waals surface area (Å²) in [6.45, 7) is 3.48. The third-order valence-corrected chi connectivity index (χ3v) is 4.54. The first-order valence-corrected chi connectivity index (χ1v) is 9.98. The number of benzene rings is 1. The Morgan fingerprint density at radius 2 is 2.00 bits per heavy atom. The Labute approximate surface area is 183 Å². The van der Waals surface area contributed by atoms with Crippen LogP contribution in [-0.4, -0.2) is 32.2 Å². The van der Waals surface area contributed by atoms with Crippen LogP contribution in [0.3, 0.4) is 0 Å². The summed E-state index contributed by atoms with van der Waals surface area (Å²) in [6.07, 6.45) is 2.25. The molecular formula is C21H23ClFNO7. The van der Waals surface area contributed by atoms with Crippen LogP contribution in [0.2, 0.25) is 5.02 Å². The van der Waals surface area contributed by atoms with Gasteiger partial charge in [0.2, 0.25) is 11.2 Å². The standard InChI is InChI=1S/C21H23ClFNO7/c1-4-6-9-30-18-17(25)13(11-31-19(18)21(27)29-5-2)20(26)24-10-12-7-8-14(28-3)15(22)16(12)23/h7-8,11H,4-6,9-10H2,1-3H3,(H,24,26). The van der Waals surface area contributed by atoms with E-state index in [4.69, 9.17) is 30.2 Å². The normalized spacial score (nSPS) is 10.5. The molecule has 0 fully saturated rings. The van der Waals surface area contributed by atoms with Gasteiger partial charge in [0.1, 0.15) is 22.6 Å². The zero-order valence-corrected chi connectivity index (χ0v) is 18.1. The van der Waals surface area contributed by atoms with Crippen molar-refractivity contribution in [3.63, 3.8) is 0 Å². The molecule has 0 saturated carbocycles. The predicted octanol–water partition coefficient (Wildman–Crippen LogP) is 3.73. The summed E-state index contributed by atoms with van der Waals surface area (Å²) in [7, 11) is 1.35. The second-order valence-corrected chi connectivity index (χ2v) is 6.67. The summed E-state index contributed by atoms with van der Waals surface area (Å²) in [4.78, 5) is 37.4. The summed E-state index contributed by atoms with van der Waals surface area (Å²) < 4.78 is 34.7. The maximum atomic E-state index is 14.3. The number of nitrogens with one attached hydrogen (secondary N) is 1. The van der Waals surface area contributed by atoms with Crippen molar-refractivity contribution in [2.24, 2.45) is 0 Å². The maximum absolute atomic E-state index is 14.3. The minimum atomic E-state index is -0.881. The maximum Gasteiger partial charge on any atom is 0.378 e. The van der Waals surface area contributed by atoms with Crippen molar-refractivity contribution in [3.8, 4) is 11.5 Å². The summed E-state index contributed by atoms with van der Waals surface area (Å²) in [6, 6.07) is 2.85. The average Bonchev–Trinajstić information content (AvgIpc) is 2.75. The van der Waals surface area contributed by atoms with Gasteiger partial charge < -0.3 is 23.9 Å². The van der Waals surface area contributed by atoms with Gasteiger partial charge in [0.15, 0.2) is 5.82 Å². The molecule has 31 heavy (non-hydrogen) atoms. The molecule has 1 aromatic carbocycles. The Morgan fingerprint density at radius 1 is 1.26 bits per heavy atom. The van der Waals surface area contributed by atoms with E-state index in [-0.39, 0.29) is 36.1 Å². The number of halogens is 2. The number of amides is 1. The van der Waals surface area contributed by atoms with Crippen molar-refractivity contribution in [2.45, 2.75) is 33.2 Å². The minimum Gasteiger partial charge on any atom is -0.495 e. The molecule has 0 aliphatic carbocycles. The van der Waals surface area contributed by atoms with Crippen LogP contribution in [0.25, 0.3) is 0 Å². The van der Waals surface area contributed by atoms with Gasteiger partial charge >= 0.3 is 5.97 Å². The fourth-order valence-electron chi connectivity index (χ4n) is 2.53. The molecule has 0 atom stereocenters. The highest BCUT2D eigenvalue weighted by Crippen LogP contribution is 2.29. The van der Waals surface area contributed by atoms with Crippen molar-refractivity contribution in [1.82, 2.24) is 5.32 Å². The zero-order valence-electron chi connectivity index (χ0n) is 17.4. The lowest BCUT2D eigenvalue weighted by Crippen LogP contribution is -2.30. The van der Waals surface area contributed by atoms with Gasteiger partial charge in [0, 0.05) is 12.1 Å². The molecule has 2 aromatic rings. The number of methoxy groups -OCH3 is 1. The predicted molar refractivity (Wildman–Crippen MR) is 110 cm³/mol. The SMILES string of the molecule is CCCCOc1c(C(=O)OCC)occ(C(=O)NCc2ccc(OC)c(Cl)c2F)c1=O. The highest BCUT2D eigenvalue weighted by molar-refractivity contribution is 6.32. The van der Waals surface area contributed by atoms with E-state index in [1.54, 1.807) is 6.92 Å². The molecule has 1 N–H and O–H groups in total. The van der Waals surface area contributed by atoms with Crippen LogP contribution < -0.4 is 20.2 Å². The molecule has 2 rings (SSSR count). The van der Waals surface area contributed by atoms with E-state index < -0.39 is 40.2 Å². The Kier molecular flexibility index (Phi) is 8.87. The quantitative estimate of drug-likeness (QED) is 0.430. The number of esters is 1. The third-order valence-electron chi connectivity index (χ3n) is 4.19. The van der Waals surface area contributed by atoms with Gasteiger partial charge in [-0.15, -0.1) is 0 Å². The van der Waals surface area contributed by atoms with Crippen molar-refractivity contribution in [2.75, 3.05) is 20.3 Å². The van der Waals surface area contributed by atoms with E-state index in [9.17, 15) is 18.8 Å². The summed E-state index contributed by atoms with van der Waals surface area (Å²) in [5.74, 6) is -3.15. The fourth-order valence-corrected chi connectivity index (χ4v) is 2.79. The number of carbonyl (C=O) groups is 2. The molecule has 1 aromatic heterocycles. The van der Waals surface area contributed by atoms with Crippen molar-refractivity contribution < 1.29 is 32.6 Å². The molecule has 168 valence electrons. The van der Waals surface area contributed by atoms with Crippen LogP contribution in [0, 0.1) is 5.82 Å². The minimum absolute atomic E-state index is 0.0646. The van der Waals surface area contributed by atoms with Gasteiger partial charge in [-0.3, -0.25) is 9.59 Å². The third kappa shape index (κ3) is 5.75. The fraction of sp³-hybridized carbons (Fsp3) is 0.381. The van der Waals surface area contributed by atoms with Crippen LogP contribution in [0.15, 0.2) is 27.6 Å². The molecule has 0 bridgehead atoms. The highest BCUT2D eigenvalue weighted by Gasteiger charge is 2.25. The number of rotatable bonds is 10. The molecular weight excluding hydrogens is 433 g/mol. The molecule has 1 amide bonds. The summed E-state index contributed by atoms with van der Waals surface area (Å²) >= 11 is 5.87. The largest absolute Gasteiger partial charge is 0.495 e. The van der Waals surface area contributed by atoms with Crippen molar-refractivity contribution in [3.05, 3.63) is 56.3 Å². The number of hydrogen-bond donors (Lipinski definition) is 1. The second-order valence-electron chi connectivity index (χ2n) is 6.30. The first-order chi connectivity index (χ1) is 14.8. The summed E-state index contributed by atoms with van der Waals surface area (Å²) in [5.41, 5.74) is -1.15. The molecule has 0 aliphatic heterocycles. The van der Waals surface area contributed by atoms with Gasteiger partial charge in [-0.25, -0.2) is 9.18 Å². The highest BCUT2D eigenvalue weighted by atomic mass is 35.5. The van der Waals surface area contributed by atoms with E-state index in [0.29, 0.717) is 6.42 Å². The molecule has 0 spiro atoms. The van der Waals surface area contributed by atoms with Crippen LogP contribution in [-0.2, 0) is 11.3 Å². The van der Waals surface area contributed by atoms with Crippen LogP contribution in [0.4, 0.5) is 4.39 Å². The topological polar surface area (TPSA) is 104 Å². The van der Waals surface area contributed by atoms with Gasteiger partial charge in [-0.1, -0.05) is 31.0 Å². The molecule has 0 radical (unpaired) electrons. The Bertz CT molecular complexity index is 1010. The lowest BCUT2D eigenvalue weighted by molar-refractivity contribution is 0.0477. The van der Waals surface area contributed by atoms with E-state index >= 15 is 0 Å². The smallest absolute Gasteiger partial charge is 0.378 e. The molecule has 8 nitrogen and oxygen atoms in total. The first-order valence-electron chi connectivity index (χ1n) is 9.60. The Hall–Kier alpha value is -3.07. The van der Waals surface area contributed by atoms with E-state index in [2.05, 4.69) is 5.32 Å². The number of hydrogen-bond acceptors (Lipinski definition) is 7. The van der Waals surface area contributed by atoms with Gasteiger partial charge in [-0.2, -0.15) is 0 Å². The molecule has 0 aliphatic rings. The van der Waals surface area contributed by atoms with E-state index in [0.717, 1.165) is 12.7 Å². The second kappa shape index (κ2) is 11.4. The van der Waals surface area contributed by atoms with Gasteiger partial charge in [0.05, 0.1) is 20.3 Å². The zero-order chi connectivity index (χ0) is 23.0. The van der Waals surface area contributed by atoms with Crippen LogP contribution in [0.5, 0.6) is 11.5 Å². The molecule has 0 unspecified atom stereocenters. The average molecular weight is 456 g/mol. The van der Waals surface area contributed by atoms with E-state index in [1.807, 2.05) is 6.92 Å². The number of carbonyl (C=O) groups excluding carboxylic acids is 2. The Balaban J connectivity index is 2.28. The number of unbranched alkanes of at least 4 members (excludes halogenated alkanes) is 1. The lowest BCUT2D eigenvalue weighted by Gasteiger charge is -2.12.